The first-order chi connectivity index (χ1) is 5.59. The molecule has 12 heavy (non-hydrogen) atoms. The third-order valence-corrected chi connectivity index (χ3v) is 3.09. The zero-order chi connectivity index (χ0) is 9.56. The van der Waals surface area contributed by atoms with Crippen LogP contribution in [0.3, 0.4) is 0 Å². The van der Waals surface area contributed by atoms with Crippen molar-refractivity contribution in [1.82, 2.24) is 9.80 Å². The maximum Gasteiger partial charge on any atom is 0.185 e. The molecule has 0 atom stereocenters. The second-order valence-electron chi connectivity index (χ2n) is 3.32. The molecule has 0 saturated heterocycles. The Hall–Kier alpha value is -0.513. The van der Waals surface area contributed by atoms with Gasteiger partial charge in [-0.2, -0.15) is 0 Å². The van der Waals surface area contributed by atoms with Crippen LogP contribution in [0.25, 0.3) is 0 Å². The first kappa shape index (κ1) is 11.5. The average molecular weight is 187 g/mol. The molecule has 0 radical (unpaired) electrons. The number of hydrogen-bond donors (Lipinski definition) is 0. The summed E-state index contributed by atoms with van der Waals surface area (Å²) in [6.07, 6.45) is 1.27. The van der Waals surface area contributed by atoms with Crippen LogP contribution in [-0.4, -0.2) is 53.6 Å². The van der Waals surface area contributed by atoms with Crippen molar-refractivity contribution in [2.24, 2.45) is 4.66 Å². The summed E-state index contributed by atoms with van der Waals surface area (Å²) in [5.74, 6) is 1.11. The summed E-state index contributed by atoms with van der Waals surface area (Å²) in [4.78, 5) is 4.14. The summed E-state index contributed by atoms with van der Waals surface area (Å²) in [7, 11) is 7.95. The van der Waals surface area contributed by atoms with Crippen LogP contribution in [0.5, 0.6) is 0 Å². The molecule has 0 spiro atoms. The van der Waals surface area contributed by atoms with Crippen molar-refractivity contribution in [2.75, 3.05) is 28.2 Å². The quantitative estimate of drug-likeness (QED) is 0.275. The summed E-state index contributed by atoms with van der Waals surface area (Å²) in [6.45, 7) is 2.22. The number of nitrogens with zero attached hydrogens (tertiary/aromatic N) is 3. The molecule has 4 heteroatoms. The zero-order valence-corrected chi connectivity index (χ0v) is 10.4. The van der Waals surface area contributed by atoms with E-state index in [9.17, 15) is 0 Å². The highest BCUT2D eigenvalue weighted by atomic mass is 28.2. The fraction of sp³-hybridized carbons (Fsp3) is 0.875. The smallest absolute Gasteiger partial charge is 0.185 e. The van der Waals surface area contributed by atoms with E-state index in [0.717, 1.165) is 5.96 Å². The van der Waals surface area contributed by atoms with Crippen LogP contribution in [0.4, 0.5) is 0 Å². The van der Waals surface area contributed by atoms with Gasteiger partial charge in [-0.15, -0.1) is 0 Å². The molecule has 72 valence electrons. The van der Waals surface area contributed by atoms with Gasteiger partial charge in [0.05, 0.1) is 0 Å². The Balaban J connectivity index is 4.00. The molecule has 0 heterocycles. The minimum absolute atomic E-state index is 0.217. The lowest BCUT2D eigenvalue weighted by Gasteiger charge is -2.22. The molecule has 0 saturated carbocycles. The lowest BCUT2D eigenvalue weighted by Crippen LogP contribution is -2.35. The largest absolute Gasteiger partial charge is 0.350 e. The molecule has 0 fully saturated rings. The molecule has 0 aliphatic heterocycles. The van der Waals surface area contributed by atoms with Crippen LogP contribution in [0.2, 0.25) is 6.04 Å². The van der Waals surface area contributed by atoms with Gasteiger partial charge in [0.15, 0.2) is 15.6 Å². The highest BCUT2D eigenvalue weighted by molar-refractivity contribution is 6.35. The van der Waals surface area contributed by atoms with Crippen LogP contribution < -0.4 is 0 Å². The Morgan fingerprint density at radius 1 is 1.17 bits per heavy atom. The van der Waals surface area contributed by atoms with Gasteiger partial charge in [0.2, 0.25) is 0 Å². The first-order valence-electron chi connectivity index (χ1n) is 4.48. The molecule has 0 bridgehead atoms. The predicted octanol–water partition coefficient (Wildman–Crippen LogP) is 0.378. The van der Waals surface area contributed by atoms with E-state index in [0.29, 0.717) is 0 Å². The van der Waals surface area contributed by atoms with Gasteiger partial charge in [0.25, 0.3) is 0 Å². The van der Waals surface area contributed by atoms with E-state index in [4.69, 9.17) is 0 Å². The lowest BCUT2D eigenvalue weighted by molar-refractivity contribution is 0.486. The van der Waals surface area contributed by atoms with Crippen molar-refractivity contribution >= 4 is 15.6 Å². The van der Waals surface area contributed by atoms with Crippen LogP contribution in [0, 0.1) is 0 Å². The van der Waals surface area contributed by atoms with Crippen molar-refractivity contribution < 1.29 is 0 Å². The summed E-state index contributed by atoms with van der Waals surface area (Å²) in [6, 6.07) is 1.31. The van der Waals surface area contributed by atoms with E-state index in [1.54, 1.807) is 0 Å². The normalized spacial score (nSPS) is 10.4. The maximum atomic E-state index is 4.62. The Labute approximate surface area is 78.4 Å². The van der Waals surface area contributed by atoms with Gasteiger partial charge in [-0.3, -0.25) is 4.66 Å². The summed E-state index contributed by atoms with van der Waals surface area (Å²) in [5, 5.41) is 0. The van der Waals surface area contributed by atoms with Gasteiger partial charge in [-0.25, -0.2) is 0 Å². The average Bonchev–Trinajstić information content (AvgIpc) is 1.96. The molecule has 0 N–H and O–H groups in total. The SMILES string of the molecule is CCC[SiH2]N=C(N(C)C)N(C)C. The van der Waals surface area contributed by atoms with Crippen LogP contribution in [0.1, 0.15) is 13.3 Å². The van der Waals surface area contributed by atoms with Gasteiger partial charge in [0, 0.05) is 28.2 Å². The first-order valence-corrected chi connectivity index (χ1v) is 6.12. The van der Waals surface area contributed by atoms with Crippen LogP contribution in [-0.2, 0) is 0 Å². The fourth-order valence-corrected chi connectivity index (χ4v) is 2.26. The summed E-state index contributed by atoms with van der Waals surface area (Å²) >= 11 is 0. The van der Waals surface area contributed by atoms with Gasteiger partial charge in [-0.1, -0.05) is 13.3 Å². The maximum absolute atomic E-state index is 4.62. The molecule has 0 unspecified atom stereocenters. The third-order valence-electron chi connectivity index (χ3n) is 1.56. The molecule has 0 aromatic rings. The third kappa shape index (κ3) is 4.38. The molecular formula is C8H21N3Si. The minimum atomic E-state index is -0.217. The molecule has 0 aromatic carbocycles. The predicted molar refractivity (Wildman–Crippen MR) is 58.5 cm³/mol. The second-order valence-corrected chi connectivity index (χ2v) is 4.79. The molecular weight excluding hydrogens is 166 g/mol. The molecule has 0 aliphatic carbocycles. The molecule has 0 rings (SSSR count). The van der Waals surface area contributed by atoms with Crippen molar-refractivity contribution in [3.8, 4) is 0 Å². The molecule has 0 aliphatic rings. The van der Waals surface area contributed by atoms with Gasteiger partial charge in [0.1, 0.15) is 0 Å². The zero-order valence-electron chi connectivity index (χ0n) is 8.96. The molecule has 0 amide bonds. The topological polar surface area (TPSA) is 18.8 Å². The van der Waals surface area contributed by atoms with E-state index in [2.05, 4.69) is 21.4 Å². The van der Waals surface area contributed by atoms with Gasteiger partial charge in [-0.05, 0) is 6.04 Å². The van der Waals surface area contributed by atoms with Gasteiger partial charge < -0.3 is 9.80 Å². The highest BCUT2D eigenvalue weighted by Crippen LogP contribution is 1.91. The Morgan fingerprint density at radius 3 is 2.00 bits per heavy atom. The Kier molecular flexibility index (Phi) is 5.79. The Bertz CT molecular complexity index is 133. The van der Waals surface area contributed by atoms with E-state index in [1.807, 2.05) is 28.2 Å². The lowest BCUT2D eigenvalue weighted by atomic mass is 10.6. The van der Waals surface area contributed by atoms with Crippen molar-refractivity contribution in [2.45, 2.75) is 19.4 Å². The van der Waals surface area contributed by atoms with Crippen molar-refractivity contribution in [3.05, 3.63) is 0 Å². The molecule has 3 nitrogen and oxygen atoms in total. The van der Waals surface area contributed by atoms with E-state index >= 15 is 0 Å². The van der Waals surface area contributed by atoms with Gasteiger partial charge >= 0.3 is 0 Å². The highest BCUT2D eigenvalue weighted by Gasteiger charge is 2.01. The second kappa shape index (κ2) is 6.05. The number of rotatable bonds is 3. The van der Waals surface area contributed by atoms with E-state index < -0.39 is 0 Å². The molecule has 0 aromatic heterocycles. The van der Waals surface area contributed by atoms with Crippen LogP contribution in [0.15, 0.2) is 4.66 Å². The van der Waals surface area contributed by atoms with E-state index in [-0.39, 0.29) is 9.68 Å². The summed E-state index contributed by atoms with van der Waals surface area (Å²) in [5.41, 5.74) is 0. The Morgan fingerprint density at radius 2 is 1.67 bits per heavy atom. The fourth-order valence-electron chi connectivity index (χ4n) is 1.02. The summed E-state index contributed by atoms with van der Waals surface area (Å²) < 4.78 is 4.62. The van der Waals surface area contributed by atoms with Crippen molar-refractivity contribution in [3.63, 3.8) is 0 Å². The van der Waals surface area contributed by atoms with Crippen molar-refractivity contribution in [1.29, 1.82) is 0 Å². The minimum Gasteiger partial charge on any atom is -0.350 e. The number of hydrogen-bond acceptors (Lipinski definition) is 1. The number of guanidine groups is 1. The van der Waals surface area contributed by atoms with Crippen LogP contribution >= 0.6 is 0 Å². The monoisotopic (exact) mass is 187 g/mol. The standard InChI is InChI=1S/C8H21N3Si/c1-6-7-12-9-8(10(2)3)11(4)5/h6-7,12H2,1-5H3. The van der Waals surface area contributed by atoms with E-state index in [1.165, 1.54) is 12.5 Å².